The molecule has 1 aromatic rings. The average Bonchev–Trinajstić information content (AvgIpc) is 2.35. The van der Waals surface area contributed by atoms with E-state index in [1.807, 2.05) is 0 Å². The van der Waals surface area contributed by atoms with Gasteiger partial charge in [-0.2, -0.15) is 0 Å². The molecule has 2 rings (SSSR count). The molecule has 1 aliphatic rings. The van der Waals surface area contributed by atoms with E-state index in [-0.39, 0.29) is 5.69 Å². The Morgan fingerprint density at radius 3 is 2.56 bits per heavy atom. The summed E-state index contributed by atoms with van der Waals surface area (Å²) in [6.45, 7) is 0.837. The quantitative estimate of drug-likeness (QED) is 0.841. The number of rotatable bonds is 2. The molecule has 1 amide bonds. The average molecular weight is 256 g/mol. The van der Waals surface area contributed by atoms with Crippen molar-refractivity contribution in [3.63, 3.8) is 0 Å². The highest BCUT2D eigenvalue weighted by atomic mass is 19.2. The van der Waals surface area contributed by atoms with Gasteiger partial charge >= 0.3 is 0 Å². The van der Waals surface area contributed by atoms with Gasteiger partial charge in [-0.05, 0) is 25.0 Å². The van der Waals surface area contributed by atoms with E-state index in [0.29, 0.717) is 26.1 Å². The first kappa shape index (κ1) is 12.9. The largest absolute Gasteiger partial charge is 0.381 e. The third kappa shape index (κ3) is 2.65. The first-order valence-electron chi connectivity index (χ1n) is 5.64. The zero-order valence-electron chi connectivity index (χ0n) is 9.71. The summed E-state index contributed by atoms with van der Waals surface area (Å²) >= 11 is 0. The van der Waals surface area contributed by atoms with E-state index < -0.39 is 23.1 Å². The van der Waals surface area contributed by atoms with Crippen molar-refractivity contribution in [2.75, 3.05) is 18.5 Å². The van der Waals surface area contributed by atoms with Crippen LogP contribution in [0.1, 0.15) is 12.8 Å². The van der Waals surface area contributed by atoms with Crippen LogP contribution in [0.4, 0.5) is 14.5 Å². The molecule has 0 bridgehead atoms. The van der Waals surface area contributed by atoms with E-state index in [2.05, 4.69) is 5.32 Å². The van der Waals surface area contributed by atoms with E-state index in [1.165, 1.54) is 6.07 Å². The van der Waals surface area contributed by atoms with Crippen molar-refractivity contribution in [3.05, 3.63) is 29.8 Å². The third-order valence-corrected chi connectivity index (χ3v) is 3.01. The first-order chi connectivity index (χ1) is 8.51. The molecule has 4 nitrogen and oxygen atoms in total. The first-order valence-corrected chi connectivity index (χ1v) is 5.64. The molecular weight excluding hydrogens is 242 g/mol. The topological polar surface area (TPSA) is 64.4 Å². The second-order valence-electron chi connectivity index (χ2n) is 4.35. The maximum absolute atomic E-state index is 13.0. The number of hydrogen-bond acceptors (Lipinski definition) is 3. The maximum Gasteiger partial charge on any atom is 0.244 e. The van der Waals surface area contributed by atoms with Gasteiger partial charge in [0.2, 0.25) is 5.91 Å². The third-order valence-electron chi connectivity index (χ3n) is 3.01. The molecule has 0 radical (unpaired) electrons. The molecule has 0 atom stereocenters. The summed E-state index contributed by atoms with van der Waals surface area (Å²) in [6.07, 6.45) is 0.811. The summed E-state index contributed by atoms with van der Waals surface area (Å²) in [4.78, 5) is 12.0. The van der Waals surface area contributed by atoms with Crippen molar-refractivity contribution in [2.24, 2.45) is 5.73 Å². The fourth-order valence-electron chi connectivity index (χ4n) is 1.79. The lowest BCUT2D eigenvalue weighted by atomic mass is 9.90. The summed E-state index contributed by atoms with van der Waals surface area (Å²) < 4.78 is 30.9. The van der Waals surface area contributed by atoms with E-state index in [1.54, 1.807) is 0 Å². The minimum absolute atomic E-state index is 0.190. The molecule has 1 aromatic carbocycles. The highest BCUT2D eigenvalue weighted by Gasteiger charge is 2.35. The summed E-state index contributed by atoms with van der Waals surface area (Å²) in [5, 5.41) is 2.49. The van der Waals surface area contributed by atoms with Crippen LogP contribution in [-0.4, -0.2) is 24.7 Å². The van der Waals surface area contributed by atoms with Crippen LogP contribution in [0, 0.1) is 11.6 Å². The smallest absolute Gasteiger partial charge is 0.244 e. The van der Waals surface area contributed by atoms with E-state index in [9.17, 15) is 13.6 Å². The van der Waals surface area contributed by atoms with Crippen LogP contribution in [-0.2, 0) is 9.53 Å². The predicted octanol–water partition coefficient (Wildman–Crippen LogP) is 1.41. The number of hydrogen-bond donors (Lipinski definition) is 2. The van der Waals surface area contributed by atoms with Gasteiger partial charge in [0.15, 0.2) is 11.6 Å². The van der Waals surface area contributed by atoms with Gasteiger partial charge in [-0.15, -0.1) is 0 Å². The Morgan fingerprint density at radius 2 is 1.94 bits per heavy atom. The Labute approximate surface area is 103 Å². The Balaban J connectivity index is 2.08. The number of anilines is 1. The highest BCUT2D eigenvalue weighted by molar-refractivity contribution is 5.98. The predicted molar refractivity (Wildman–Crippen MR) is 62.0 cm³/mol. The van der Waals surface area contributed by atoms with Gasteiger partial charge in [0, 0.05) is 25.0 Å². The standard InChI is InChI=1S/C12H14F2N2O2/c13-9-2-1-8(7-10(9)14)16-11(17)12(15)3-5-18-6-4-12/h1-2,7H,3-6,15H2,(H,16,17). The molecule has 0 spiro atoms. The minimum atomic E-state index is -1.01. The molecule has 3 N–H and O–H groups in total. The monoisotopic (exact) mass is 256 g/mol. The number of carbonyl (C=O) groups is 1. The second kappa shape index (κ2) is 4.99. The Hall–Kier alpha value is -1.53. The lowest BCUT2D eigenvalue weighted by Crippen LogP contribution is -2.54. The SMILES string of the molecule is NC1(C(=O)Nc2ccc(F)c(F)c2)CCOCC1. The zero-order chi connectivity index (χ0) is 13.2. The van der Waals surface area contributed by atoms with Gasteiger partial charge in [-0.3, -0.25) is 4.79 Å². The Bertz CT molecular complexity index is 459. The van der Waals surface area contributed by atoms with E-state index in [4.69, 9.17) is 10.5 Å². The van der Waals surface area contributed by atoms with Crippen LogP contribution >= 0.6 is 0 Å². The molecule has 1 heterocycles. The Morgan fingerprint density at radius 1 is 1.28 bits per heavy atom. The summed E-state index contributed by atoms with van der Waals surface area (Å²) in [6, 6.07) is 3.17. The number of halogens is 2. The van der Waals surface area contributed by atoms with Gasteiger partial charge in [-0.25, -0.2) is 8.78 Å². The van der Waals surface area contributed by atoms with Crippen LogP contribution in [0.2, 0.25) is 0 Å². The lowest BCUT2D eigenvalue weighted by Gasteiger charge is -2.31. The lowest BCUT2D eigenvalue weighted by molar-refractivity contribution is -0.124. The maximum atomic E-state index is 13.0. The van der Waals surface area contributed by atoms with E-state index >= 15 is 0 Å². The van der Waals surface area contributed by atoms with Crippen LogP contribution in [0.3, 0.4) is 0 Å². The molecule has 1 aliphatic heterocycles. The van der Waals surface area contributed by atoms with Crippen LogP contribution in [0.5, 0.6) is 0 Å². The Kier molecular flexibility index (Phi) is 3.58. The molecule has 0 aromatic heterocycles. The molecule has 1 saturated heterocycles. The zero-order valence-corrected chi connectivity index (χ0v) is 9.71. The number of ether oxygens (including phenoxy) is 1. The second-order valence-corrected chi connectivity index (χ2v) is 4.35. The number of benzene rings is 1. The van der Waals surface area contributed by atoms with E-state index in [0.717, 1.165) is 12.1 Å². The fraction of sp³-hybridized carbons (Fsp3) is 0.417. The van der Waals surface area contributed by atoms with Gasteiger partial charge in [-0.1, -0.05) is 0 Å². The number of carbonyl (C=O) groups excluding carboxylic acids is 1. The van der Waals surface area contributed by atoms with Crippen molar-refractivity contribution in [1.82, 2.24) is 0 Å². The van der Waals surface area contributed by atoms with Crippen molar-refractivity contribution in [1.29, 1.82) is 0 Å². The van der Waals surface area contributed by atoms with Crippen LogP contribution < -0.4 is 11.1 Å². The number of nitrogens with one attached hydrogen (secondary N) is 1. The molecule has 0 saturated carbocycles. The van der Waals surface area contributed by atoms with Gasteiger partial charge in [0.1, 0.15) is 5.54 Å². The van der Waals surface area contributed by atoms with Gasteiger partial charge in [0.05, 0.1) is 0 Å². The van der Waals surface area contributed by atoms with Crippen molar-refractivity contribution < 1.29 is 18.3 Å². The van der Waals surface area contributed by atoms with Crippen molar-refractivity contribution >= 4 is 11.6 Å². The fourth-order valence-corrected chi connectivity index (χ4v) is 1.79. The summed E-state index contributed by atoms with van der Waals surface area (Å²) in [7, 11) is 0. The molecule has 0 unspecified atom stereocenters. The van der Waals surface area contributed by atoms with Crippen LogP contribution in [0.15, 0.2) is 18.2 Å². The molecular formula is C12H14F2N2O2. The summed E-state index contributed by atoms with van der Waals surface area (Å²) in [5.74, 6) is -2.37. The van der Waals surface area contributed by atoms with Crippen LogP contribution in [0.25, 0.3) is 0 Å². The normalized spacial score (nSPS) is 18.4. The van der Waals surface area contributed by atoms with Gasteiger partial charge in [0.25, 0.3) is 0 Å². The van der Waals surface area contributed by atoms with Gasteiger partial charge < -0.3 is 15.8 Å². The number of nitrogens with two attached hydrogens (primary N) is 1. The molecule has 0 aliphatic carbocycles. The molecule has 98 valence electrons. The summed E-state index contributed by atoms with van der Waals surface area (Å²) in [5.41, 5.74) is 5.14. The van der Waals surface area contributed by atoms with Crippen molar-refractivity contribution in [3.8, 4) is 0 Å². The highest BCUT2D eigenvalue weighted by Crippen LogP contribution is 2.21. The molecule has 18 heavy (non-hydrogen) atoms. The molecule has 6 heteroatoms. The molecule has 1 fully saturated rings. The number of amides is 1. The van der Waals surface area contributed by atoms with Crippen molar-refractivity contribution in [2.45, 2.75) is 18.4 Å². The minimum Gasteiger partial charge on any atom is -0.381 e.